The third kappa shape index (κ3) is 3.96. The highest BCUT2D eigenvalue weighted by Crippen LogP contribution is 2.18. The predicted molar refractivity (Wildman–Crippen MR) is 92.6 cm³/mol. The van der Waals surface area contributed by atoms with Crippen molar-refractivity contribution in [2.45, 2.75) is 6.54 Å². The number of ether oxygens (including phenoxy) is 1. The van der Waals surface area contributed by atoms with Crippen LogP contribution in [0.5, 0.6) is 5.75 Å². The second kappa shape index (κ2) is 7.22. The van der Waals surface area contributed by atoms with E-state index in [1.54, 1.807) is 31.4 Å². The van der Waals surface area contributed by atoms with Gasteiger partial charge in [0, 0.05) is 21.8 Å². The highest BCUT2D eigenvalue weighted by Gasteiger charge is 2.10. The number of nitrogens with zero attached hydrogens (tertiary/aromatic N) is 4. The Bertz CT molecular complexity index is 848. The van der Waals surface area contributed by atoms with Gasteiger partial charge in [-0.05, 0) is 41.6 Å². The summed E-state index contributed by atoms with van der Waals surface area (Å²) in [4.78, 5) is 13.3. The molecular formula is C16H14BrN5O2. The second-order valence-electron chi connectivity index (χ2n) is 4.93. The third-order valence-corrected chi connectivity index (χ3v) is 3.72. The molecule has 1 heterocycles. The summed E-state index contributed by atoms with van der Waals surface area (Å²) < 4.78 is 6.09. The SMILES string of the molecule is COc1cccc(NC(=O)Cn2nnc(-c3ccc(Br)cc3)n2)c1. The van der Waals surface area contributed by atoms with Gasteiger partial charge in [-0.15, -0.1) is 10.2 Å². The van der Waals surface area contributed by atoms with Crippen LogP contribution in [0, 0.1) is 0 Å². The summed E-state index contributed by atoms with van der Waals surface area (Å²) >= 11 is 3.37. The van der Waals surface area contributed by atoms with Crippen LogP contribution >= 0.6 is 15.9 Å². The number of amides is 1. The first-order valence-electron chi connectivity index (χ1n) is 7.12. The third-order valence-electron chi connectivity index (χ3n) is 3.19. The molecular weight excluding hydrogens is 374 g/mol. The molecule has 0 radical (unpaired) electrons. The van der Waals surface area contributed by atoms with Gasteiger partial charge in [-0.2, -0.15) is 4.80 Å². The molecule has 0 aliphatic rings. The number of tetrazole rings is 1. The number of hydrogen-bond donors (Lipinski definition) is 1. The Morgan fingerprint density at radius 1 is 1.25 bits per heavy atom. The summed E-state index contributed by atoms with van der Waals surface area (Å²) in [5.41, 5.74) is 1.48. The van der Waals surface area contributed by atoms with Crippen molar-refractivity contribution in [3.05, 3.63) is 53.0 Å². The van der Waals surface area contributed by atoms with E-state index in [1.807, 2.05) is 24.3 Å². The van der Waals surface area contributed by atoms with Crippen molar-refractivity contribution in [1.29, 1.82) is 0 Å². The fourth-order valence-corrected chi connectivity index (χ4v) is 2.32. The molecule has 0 unspecified atom stereocenters. The molecule has 0 aliphatic carbocycles. The number of benzene rings is 2. The Morgan fingerprint density at radius 3 is 2.79 bits per heavy atom. The van der Waals surface area contributed by atoms with Crippen LogP contribution in [0.25, 0.3) is 11.4 Å². The van der Waals surface area contributed by atoms with Gasteiger partial charge in [-0.3, -0.25) is 4.79 Å². The lowest BCUT2D eigenvalue weighted by atomic mass is 10.2. The lowest BCUT2D eigenvalue weighted by Gasteiger charge is -2.06. The average molecular weight is 388 g/mol. The first-order chi connectivity index (χ1) is 11.6. The minimum absolute atomic E-state index is 0.0270. The summed E-state index contributed by atoms with van der Waals surface area (Å²) in [6, 6.07) is 14.7. The van der Waals surface area contributed by atoms with Gasteiger partial charge in [0.05, 0.1) is 7.11 Å². The number of nitrogens with one attached hydrogen (secondary N) is 1. The molecule has 3 aromatic rings. The Balaban J connectivity index is 1.65. The van der Waals surface area contributed by atoms with Gasteiger partial charge in [-0.1, -0.05) is 22.0 Å². The van der Waals surface area contributed by atoms with E-state index in [9.17, 15) is 4.79 Å². The summed E-state index contributed by atoms with van der Waals surface area (Å²) in [6.45, 7) is -0.0270. The highest BCUT2D eigenvalue weighted by molar-refractivity contribution is 9.10. The molecule has 0 aliphatic heterocycles. The average Bonchev–Trinajstić information content (AvgIpc) is 3.04. The van der Waals surface area contributed by atoms with Crippen LogP contribution in [-0.4, -0.2) is 33.2 Å². The molecule has 0 atom stereocenters. The van der Waals surface area contributed by atoms with Crippen molar-refractivity contribution >= 4 is 27.5 Å². The van der Waals surface area contributed by atoms with Crippen LogP contribution in [0.4, 0.5) is 5.69 Å². The number of rotatable bonds is 5. The van der Waals surface area contributed by atoms with Gasteiger partial charge in [0.1, 0.15) is 12.3 Å². The summed E-state index contributed by atoms with van der Waals surface area (Å²) in [5, 5.41) is 14.9. The molecule has 2 aromatic carbocycles. The Morgan fingerprint density at radius 2 is 2.04 bits per heavy atom. The molecule has 24 heavy (non-hydrogen) atoms. The normalized spacial score (nSPS) is 10.4. The topological polar surface area (TPSA) is 81.9 Å². The van der Waals surface area contributed by atoms with E-state index in [-0.39, 0.29) is 12.5 Å². The smallest absolute Gasteiger partial charge is 0.248 e. The molecule has 0 saturated carbocycles. The number of anilines is 1. The molecule has 3 rings (SSSR count). The number of hydrogen-bond acceptors (Lipinski definition) is 5. The van der Waals surface area contributed by atoms with Gasteiger partial charge in [-0.25, -0.2) is 0 Å². The molecule has 7 nitrogen and oxygen atoms in total. The van der Waals surface area contributed by atoms with Crippen molar-refractivity contribution in [2.24, 2.45) is 0 Å². The van der Waals surface area contributed by atoms with Gasteiger partial charge in [0.15, 0.2) is 0 Å². The summed E-state index contributed by atoms with van der Waals surface area (Å²) in [5.74, 6) is 0.892. The maximum atomic E-state index is 12.1. The fourth-order valence-electron chi connectivity index (χ4n) is 2.05. The van der Waals surface area contributed by atoms with Crippen LogP contribution in [0.15, 0.2) is 53.0 Å². The summed E-state index contributed by atoms with van der Waals surface area (Å²) in [7, 11) is 1.57. The van der Waals surface area contributed by atoms with E-state index in [0.717, 1.165) is 10.0 Å². The number of aromatic nitrogens is 4. The first-order valence-corrected chi connectivity index (χ1v) is 7.91. The minimum Gasteiger partial charge on any atom is -0.497 e. The van der Waals surface area contributed by atoms with Crippen LogP contribution < -0.4 is 10.1 Å². The van der Waals surface area contributed by atoms with Gasteiger partial charge in [0.25, 0.3) is 0 Å². The maximum absolute atomic E-state index is 12.1. The summed E-state index contributed by atoms with van der Waals surface area (Å²) in [6.07, 6.45) is 0. The van der Waals surface area contributed by atoms with Crippen molar-refractivity contribution in [2.75, 3.05) is 12.4 Å². The second-order valence-corrected chi connectivity index (χ2v) is 5.85. The van der Waals surface area contributed by atoms with Crippen molar-refractivity contribution in [1.82, 2.24) is 20.2 Å². The number of carbonyl (C=O) groups excluding carboxylic acids is 1. The van der Waals surface area contributed by atoms with E-state index in [0.29, 0.717) is 17.3 Å². The highest BCUT2D eigenvalue weighted by atomic mass is 79.9. The molecule has 1 aromatic heterocycles. The number of methoxy groups -OCH3 is 1. The largest absolute Gasteiger partial charge is 0.497 e. The fraction of sp³-hybridized carbons (Fsp3) is 0.125. The van der Waals surface area contributed by atoms with Gasteiger partial charge in [0.2, 0.25) is 11.7 Å². The quantitative estimate of drug-likeness (QED) is 0.727. The molecule has 0 fully saturated rings. The zero-order valence-electron chi connectivity index (χ0n) is 12.8. The predicted octanol–water partition coefficient (Wildman–Crippen LogP) is 2.75. The molecule has 1 amide bonds. The Labute approximate surface area is 146 Å². The number of carbonyl (C=O) groups is 1. The zero-order chi connectivity index (χ0) is 16.9. The van der Waals surface area contributed by atoms with Crippen LogP contribution in [0.3, 0.4) is 0 Å². The van der Waals surface area contributed by atoms with Gasteiger partial charge < -0.3 is 10.1 Å². The zero-order valence-corrected chi connectivity index (χ0v) is 14.4. The number of halogens is 1. The lowest BCUT2D eigenvalue weighted by Crippen LogP contribution is -2.20. The van der Waals surface area contributed by atoms with Crippen molar-refractivity contribution in [3.63, 3.8) is 0 Å². The standard InChI is InChI=1S/C16H14BrN5O2/c1-24-14-4-2-3-13(9-14)18-15(23)10-22-20-16(19-21-22)11-5-7-12(17)8-6-11/h2-9H,10H2,1H3,(H,18,23). The van der Waals surface area contributed by atoms with E-state index in [2.05, 4.69) is 36.7 Å². The van der Waals surface area contributed by atoms with Crippen LogP contribution in [0.1, 0.15) is 0 Å². The minimum atomic E-state index is -0.247. The molecule has 0 saturated heterocycles. The van der Waals surface area contributed by atoms with Crippen molar-refractivity contribution < 1.29 is 9.53 Å². The lowest BCUT2D eigenvalue weighted by molar-refractivity contribution is -0.117. The van der Waals surface area contributed by atoms with Crippen LogP contribution in [0.2, 0.25) is 0 Å². The molecule has 0 spiro atoms. The van der Waals surface area contributed by atoms with Gasteiger partial charge >= 0.3 is 0 Å². The molecule has 8 heteroatoms. The monoisotopic (exact) mass is 387 g/mol. The van der Waals surface area contributed by atoms with E-state index in [4.69, 9.17) is 4.74 Å². The van der Waals surface area contributed by atoms with E-state index >= 15 is 0 Å². The molecule has 122 valence electrons. The van der Waals surface area contributed by atoms with Crippen LogP contribution in [-0.2, 0) is 11.3 Å². The Hall–Kier alpha value is -2.74. The van der Waals surface area contributed by atoms with E-state index < -0.39 is 0 Å². The van der Waals surface area contributed by atoms with Crippen molar-refractivity contribution in [3.8, 4) is 17.1 Å². The van der Waals surface area contributed by atoms with E-state index in [1.165, 1.54) is 4.80 Å². The maximum Gasteiger partial charge on any atom is 0.248 e. The molecule has 0 bridgehead atoms. The first kappa shape index (κ1) is 16.1. The Kier molecular flexibility index (Phi) is 4.85. The molecule has 1 N–H and O–H groups in total.